The van der Waals surface area contributed by atoms with E-state index in [9.17, 15) is 5.11 Å². The normalized spacial score (nSPS) is 16.4. The second kappa shape index (κ2) is 4.50. The molecule has 1 unspecified atom stereocenters. The largest absolute Gasteiger partial charge is 0.458 e. The third kappa shape index (κ3) is 2.02. The maximum atomic E-state index is 10.4. The number of benzene rings is 2. The van der Waals surface area contributed by atoms with E-state index in [2.05, 4.69) is 12.1 Å². The topological polar surface area (TPSA) is 33.4 Å². The molecule has 20 heavy (non-hydrogen) atoms. The third-order valence-corrected chi connectivity index (χ3v) is 4.02. The fraction of sp³-hybridized carbons (Fsp3) is 0.222. The predicted octanol–water partition coefficient (Wildman–Crippen LogP) is 4.39. The number of fused-ring (bicyclic) bond motifs is 1. The van der Waals surface area contributed by atoms with Gasteiger partial charge < -0.3 is 9.52 Å². The Hall–Kier alpha value is -2.06. The van der Waals surface area contributed by atoms with Crippen LogP contribution in [0.25, 0.3) is 11.0 Å². The van der Waals surface area contributed by atoms with Crippen LogP contribution < -0.4 is 0 Å². The molecule has 1 atom stereocenters. The molecule has 0 bridgehead atoms. The number of aliphatic hydroxyl groups excluding tert-OH is 1. The first-order valence-electron chi connectivity index (χ1n) is 7.08. The molecule has 100 valence electrons. The maximum Gasteiger partial charge on any atom is 0.138 e. The first-order valence-corrected chi connectivity index (χ1v) is 7.08. The number of furan rings is 1. The minimum Gasteiger partial charge on any atom is -0.458 e. The van der Waals surface area contributed by atoms with Crippen molar-refractivity contribution < 1.29 is 9.52 Å². The number of para-hydroxylation sites is 1. The lowest BCUT2D eigenvalue weighted by atomic mass is 10.0. The van der Waals surface area contributed by atoms with Gasteiger partial charge in [0.05, 0.1) is 0 Å². The summed E-state index contributed by atoms with van der Waals surface area (Å²) in [5, 5.41) is 11.5. The van der Waals surface area contributed by atoms with E-state index in [-0.39, 0.29) is 0 Å². The van der Waals surface area contributed by atoms with Gasteiger partial charge in [-0.1, -0.05) is 42.5 Å². The minimum atomic E-state index is -0.698. The molecular weight excluding hydrogens is 248 g/mol. The van der Waals surface area contributed by atoms with Crippen molar-refractivity contribution in [3.05, 3.63) is 71.5 Å². The zero-order valence-electron chi connectivity index (χ0n) is 11.1. The van der Waals surface area contributed by atoms with E-state index < -0.39 is 6.10 Å². The Kier molecular flexibility index (Phi) is 2.64. The lowest BCUT2D eigenvalue weighted by Gasteiger charge is -2.08. The molecule has 1 saturated carbocycles. The van der Waals surface area contributed by atoms with Crippen molar-refractivity contribution in [2.45, 2.75) is 24.9 Å². The summed E-state index contributed by atoms with van der Waals surface area (Å²) in [6.07, 6.45) is 1.90. The Morgan fingerprint density at radius 3 is 2.45 bits per heavy atom. The van der Waals surface area contributed by atoms with Crippen LogP contribution in [0.15, 0.2) is 59.0 Å². The van der Waals surface area contributed by atoms with E-state index in [0.717, 1.165) is 22.5 Å². The lowest BCUT2D eigenvalue weighted by Crippen LogP contribution is -1.97. The van der Waals surface area contributed by atoms with Crippen molar-refractivity contribution in [3.63, 3.8) is 0 Å². The van der Waals surface area contributed by atoms with Crippen molar-refractivity contribution >= 4 is 11.0 Å². The van der Waals surface area contributed by atoms with Crippen molar-refractivity contribution in [3.8, 4) is 0 Å². The number of hydrogen-bond donors (Lipinski definition) is 1. The maximum absolute atomic E-state index is 10.4. The molecule has 1 fully saturated rings. The van der Waals surface area contributed by atoms with Gasteiger partial charge in [0.25, 0.3) is 0 Å². The molecule has 1 aliphatic carbocycles. The molecular formula is C18H16O2. The van der Waals surface area contributed by atoms with Gasteiger partial charge >= 0.3 is 0 Å². The minimum absolute atomic E-state index is 0.602. The van der Waals surface area contributed by atoms with Gasteiger partial charge in [-0.3, -0.25) is 0 Å². The summed E-state index contributed by atoms with van der Waals surface area (Å²) < 4.78 is 5.72. The molecule has 2 nitrogen and oxygen atoms in total. The molecule has 3 aromatic rings. The van der Waals surface area contributed by atoms with Crippen LogP contribution >= 0.6 is 0 Å². The standard InChI is InChI=1S/C18H16O2/c19-18(14-9-7-13(8-10-14)12-5-6-12)17-11-15-3-1-2-4-16(15)20-17/h1-4,7-12,18-19H,5-6H2. The van der Waals surface area contributed by atoms with Crippen LogP contribution in [0.1, 0.15) is 41.8 Å². The van der Waals surface area contributed by atoms with Crippen molar-refractivity contribution in [2.75, 3.05) is 0 Å². The fourth-order valence-corrected chi connectivity index (χ4v) is 2.67. The molecule has 1 aromatic heterocycles. The van der Waals surface area contributed by atoms with Gasteiger partial charge in [0.2, 0.25) is 0 Å². The van der Waals surface area contributed by atoms with Crippen LogP contribution in [0.4, 0.5) is 0 Å². The van der Waals surface area contributed by atoms with Gasteiger partial charge in [-0.05, 0) is 42.0 Å². The molecule has 1 N–H and O–H groups in total. The van der Waals surface area contributed by atoms with Gasteiger partial charge in [0.1, 0.15) is 17.4 Å². The molecule has 0 spiro atoms. The average Bonchev–Trinajstić information content (AvgIpc) is 3.25. The lowest BCUT2D eigenvalue weighted by molar-refractivity contribution is 0.192. The monoisotopic (exact) mass is 264 g/mol. The summed E-state index contributed by atoms with van der Waals surface area (Å²) in [5.41, 5.74) is 3.08. The van der Waals surface area contributed by atoms with Crippen LogP contribution in [0, 0.1) is 0 Å². The van der Waals surface area contributed by atoms with E-state index >= 15 is 0 Å². The Labute approximate surface area is 117 Å². The van der Waals surface area contributed by atoms with Crippen LogP contribution in [0.2, 0.25) is 0 Å². The number of rotatable bonds is 3. The van der Waals surface area contributed by atoms with E-state index in [0.29, 0.717) is 5.76 Å². The molecule has 0 saturated heterocycles. The van der Waals surface area contributed by atoms with Gasteiger partial charge in [-0.25, -0.2) is 0 Å². The summed E-state index contributed by atoms with van der Waals surface area (Å²) in [6.45, 7) is 0. The molecule has 2 heteroatoms. The van der Waals surface area contributed by atoms with Crippen LogP contribution in [0.3, 0.4) is 0 Å². The molecule has 0 amide bonds. The highest BCUT2D eigenvalue weighted by atomic mass is 16.4. The number of hydrogen-bond acceptors (Lipinski definition) is 2. The first-order chi connectivity index (χ1) is 9.81. The van der Waals surface area contributed by atoms with Crippen molar-refractivity contribution in [1.82, 2.24) is 0 Å². The summed E-state index contributed by atoms with van der Waals surface area (Å²) in [5.74, 6) is 1.35. The second-order valence-corrected chi connectivity index (χ2v) is 5.53. The average molecular weight is 264 g/mol. The van der Waals surface area contributed by atoms with Crippen molar-refractivity contribution in [1.29, 1.82) is 0 Å². The Morgan fingerprint density at radius 2 is 1.75 bits per heavy atom. The van der Waals surface area contributed by atoms with Gasteiger partial charge in [0, 0.05) is 5.39 Å². The highest BCUT2D eigenvalue weighted by Crippen LogP contribution is 2.40. The molecule has 0 radical (unpaired) electrons. The smallest absolute Gasteiger partial charge is 0.138 e. The summed E-state index contributed by atoms with van der Waals surface area (Å²) in [4.78, 5) is 0. The van der Waals surface area contributed by atoms with Gasteiger partial charge in [0.15, 0.2) is 0 Å². The second-order valence-electron chi connectivity index (χ2n) is 5.53. The van der Waals surface area contributed by atoms with Crippen LogP contribution in [-0.4, -0.2) is 5.11 Å². The van der Waals surface area contributed by atoms with Gasteiger partial charge in [-0.2, -0.15) is 0 Å². The van der Waals surface area contributed by atoms with E-state index in [1.807, 2.05) is 42.5 Å². The molecule has 1 heterocycles. The first kappa shape index (κ1) is 11.7. The molecule has 1 aliphatic rings. The zero-order valence-corrected chi connectivity index (χ0v) is 11.1. The quantitative estimate of drug-likeness (QED) is 0.761. The fourth-order valence-electron chi connectivity index (χ4n) is 2.67. The number of aliphatic hydroxyl groups is 1. The summed E-state index contributed by atoms with van der Waals surface area (Å²) in [7, 11) is 0. The third-order valence-electron chi connectivity index (χ3n) is 4.02. The highest BCUT2D eigenvalue weighted by Gasteiger charge is 2.23. The Bertz CT molecular complexity index is 702. The Balaban J connectivity index is 1.66. The summed E-state index contributed by atoms with van der Waals surface area (Å²) >= 11 is 0. The molecule has 2 aromatic carbocycles. The van der Waals surface area contributed by atoms with E-state index in [1.165, 1.54) is 18.4 Å². The SMILES string of the molecule is OC(c1ccc(C2CC2)cc1)c1cc2ccccc2o1. The van der Waals surface area contributed by atoms with Crippen molar-refractivity contribution in [2.24, 2.45) is 0 Å². The zero-order chi connectivity index (χ0) is 13.5. The van der Waals surface area contributed by atoms with Gasteiger partial charge in [-0.15, -0.1) is 0 Å². The van der Waals surface area contributed by atoms with Crippen LogP contribution in [0.5, 0.6) is 0 Å². The summed E-state index contributed by atoms with van der Waals surface area (Å²) in [6, 6.07) is 18.0. The van der Waals surface area contributed by atoms with E-state index in [1.54, 1.807) is 0 Å². The highest BCUT2D eigenvalue weighted by molar-refractivity contribution is 5.77. The molecule has 4 rings (SSSR count). The van der Waals surface area contributed by atoms with Crippen LogP contribution in [-0.2, 0) is 0 Å². The van der Waals surface area contributed by atoms with E-state index in [4.69, 9.17) is 4.42 Å². The molecule has 0 aliphatic heterocycles. The Morgan fingerprint density at radius 1 is 1.00 bits per heavy atom. The predicted molar refractivity (Wildman–Crippen MR) is 78.7 cm³/mol.